The number of halogens is 5. The summed E-state index contributed by atoms with van der Waals surface area (Å²) in [5.74, 6) is -2.34. The summed E-state index contributed by atoms with van der Waals surface area (Å²) in [6.45, 7) is -0.273. The van der Waals surface area contributed by atoms with Crippen LogP contribution in [0.4, 0.5) is 29.1 Å². The Bertz CT molecular complexity index is 1460. The number of piperazine rings is 1. The lowest BCUT2D eigenvalue weighted by atomic mass is 9.77. The lowest BCUT2D eigenvalue weighted by Crippen LogP contribution is -2.69. The van der Waals surface area contributed by atoms with Gasteiger partial charge in [0, 0.05) is 24.5 Å². The van der Waals surface area contributed by atoms with E-state index in [-0.39, 0.29) is 55.3 Å². The first-order valence-electron chi connectivity index (χ1n) is 12.4. The van der Waals surface area contributed by atoms with E-state index in [0.717, 1.165) is 0 Å². The Balaban J connectivity index is 1.40. The number of alkyl halides is 3. The number of aromatic nitrogens is 2. The summed E-state index contributed by atoms with van der Waals surface area (Å²) in [6.07, 6.45) is -3.87. The molecule has 2 heterocycles. The highest BCUT2D eigenvalue weighted by Gasteiger charge is 2.56. The molecule has 2 N–H and O–H groups in total. The van der Waals surface area contributed by atoms with Crippen molar-refractivity contribution in [2.75, 3.05) is 25.5 Å². The molecule has 3 aromatic rings. The second-order valence-corrected chi connectivity index (χ2v) is 9.94. The molecular weight excluding hydrogens is 558 g/mol. The average molecular weight is 582 g/mol. The lowest BCUT2D eigenvalue weighted by Gasteiger charge is -2.49. The van der Waals surface area contributed by atoms with Gasteiger partial charge in [0.25, 0.3) is 0 Å². The number of nitrogens with one attached hydrogen (secondary N) is 2. The van der Waals surface area contributed by atoms with E-state index in [2.05, 4.69) is 20.6 Å². The fourth-order valence-electron chi connectivity index (χ4n) is 5.24. The Labute approximate surface area is 230 Å². The summed E-state index contributed by atoms with van der Waals surface area (Å²) in [5, 5.41) is 5.93. The van der Waals surface area contributed by atoms with Crippen molar-refractivity contribution >= 4 is 45.8 Å². The number of carbonyl (C=O) groups is 2. The zero-order valence-corrected chi connectivity index (χ0v) is 21.9. The van der Waals surface area contributed by atoms with E-state index in [1.165, 1.54) is 25.6 Å². The van der Waals surface area contributed by atoms with Gasteiger partial charge in [0.1, 0.15) is 17.7 Å². The number of benzene rings is 2. The number of rotatable bonds is 5. The van der Waals surface area contributed by atoms with Gasteiger partial charge in [0.15, 0.2) is 17.3 Å². The van der Waals surface area contributed by atoms with Gasteiger partial charge in [-0.25, -0.2) is 14.4 Å². The smallest absolute Gasteiger partial charge is 0.471 e. The van der Waals surface area contributed by atoms with Gasteiger partial charge < -0.3 is 25.0 Å². The lowest BCUT2D eigenvalue weighted by molar-refractivity contribution is -0.196. The van der Waals surface area contributed by atoms with Crippen molar-refractivity contribution in [3.8, 4) is 11.5 Å². The molecule has 1 saturated carbocycles. The molecule has 40 heavy (non-hydrogen) atoms. The average Bonchev–Trinajstić information content (AvgIpc) is 2.93. The first-order valence-corrected chi connectivity index (χ1v) is 12.8. The monoisotopic (exact) mass is 581 g/mol. The molecule has 0 radical (unpaired) electrons. The molecule has 0 unspecified atom stereocenters. The van der Waals surface area contributed by atoms with E-state index in [0.29, 0.717) is 27.3 Å². The summed E-state index contributed by atoms with van der Waals surface area (Å²) in [7, 11) is 1.44. The molecule has 0 atom stereocenters. The maximum absolute atomic E-state index is 14.5. The van der Waals surface area contributed by atoms with Gasteiger partial charge in [-0.05, 0) is 43.9 Å². The van der Waals surface area contributed by atoms with Crippen LogP contribution in [-0.4, -0.2) is 64.7 Å². The number of ether oxygens (including phenoxy) is 2. The molecular formula is C26H24ClF4N5O4. The minimum atomic E-state index is -5.09. The van der Waals surface area contributed by atoms with Crippen LogP contribution in [0.25, 0.3) is 10.9 Å². The van der Waals surface area contributed by atoms with Crippen LogP contribution in [0.3, 0.4) is 0 Å². The van der Waals surface area contributed by atoms with Gasteiger partial charge in [-0.15, -0.1) is 0 Å². The van der Waals surface area contributed by atoms with Crippen LogP contribution in [0.15, 0.2) is 36.7 Å². The van der Waals surface area contributed by atoms with E-state index in [9.17, 15) is 27.2 Å². The molecule has 14 heteroatoms. The van der Waals surface area contributed by atoms with Crippen molar-refractivity contribution < 1.29 is 36.6 Å². The predicted molar refractivity (Wildman–Crippen MR) is 137 cm³/mol. The number of hydrogen-bond acceptors (Lipinski definition) is 7. The van der Waals surface area contributed by atoms with Gasteiger partial charge in [0.2, 0.25) is 5.91 Å². The number of amides is 2. The van der Waals surface area contributed by atoms with Gasteiger partial charge in [-0.1, -0.05) is 17.7 Å². The molecule has 1 aliphatic heterocycles. The Morgan fingerprint density at radius 1 is 1.20 bits per heavy atom. The number of anilines is 2. The molecule has 1 aromatic heterocycles. The van der Waals surface area contributed by atoms with Crippen molar-refractivity contribution in [1.29, 1.82) is 0 Å². The third-order valence-electron chi connectivity index (χ3n) is 7.23. The first-order chi connectivity index (χ1) is 19.0. The molecule has 2 aliphatic rings. The van der Waals surface area contributed by atoms with Crippen molar-refractivity contribution in [2.45, 2.75) is 43.5 Å². The highest BCUT2D eigenvalue weighted by molar-refractivity contribution is 6.31. The predicted octanol–water partition coefficient (Wildman–Crippen LogP) is 4.76. The first kappa shape index (κ1) is 27.7. The minimum absolute atomic E-state index is 0.00875. The van der Waals surface area contributed by atoms with E-state index in [1.807, 2.05) is 0 Å². The number of nitrogens with zero attached hydrogens (tertiary/aromatic N) is 3. The van der Waals surface area contributed by atoms with Crippen LogP contribution >= 0.6 is 11.6 Å². The Hall–Kier alpha value is -3.87. The van der Waals surface area contributed by atoms with Crippen LogP contribution in [0.5, 0.6) is 11.5 Å². The zero-order chi connectivity index (χ0) is 28.7. The topological polar surface area (TPSA) is 106 Å². The van der Waals surface area contributed by atoms with E-state index in [1.54, 1.807) is 18.2 Å². The molecule has 1 saturated heterocycles. The Kier molecular flexibility index (Phi) is 7.34. The molecule has 2 fully saturated rings. The molecule has 9 nitrogen and oxygen atoms in total. The molecule has 2 aromatic carbocycles. The molecule has 1 aliphatic carbocycles. The molecule has 212 valence electrons. The second-order valence-electron chi connectivity index (χ2n) is 9.53. The largest absolute Gasteiger partial charge is 0.493 e. The van der Waals surface area contributed by atoms with E-state index >= 15 is 0 Å². The quantitative estimate of drug-likeness (QED) is 0.419. The summed E-state index contributed by atoms with van der Waals surface area (Å²) >= 11 is 5.90. The maximum Gasteiger partial charge on any atom is 0.471 e. The van der Waals surface area contributed by atoms with Crippen LogP contribution in [-0.2, 0) is 9.59 Å². The molecule has 0 bridgehead atoms. The van der Waals surface area contributed by atoms with Crippen LogP contribution in [0.2, 0.25) is 5.02 Å². The fourth-order valence-corrected chi connectivity index (χ4v) is 5.41. The third kappa shape index (κ3) is 5.05. The summed E-state index contributed by atoms with van der Waals surface area (Å²) in [5.41, 5.74) is -1.01. The van der Waals surface area contributed by atoms with Gasteiger partial charge in [-0.2, -0.15) is 13.2 Å². The van der Waals surface area contributed by atoms with E-state index in [4.69, 9.17) is 21.1 Å². The van der Waals surface area contributed by atoms with Crippen molar-refractivity contribution in [3.63, 3.8) is 0 Å². The summed E-state index contributed by atoms with van der Waals surface area (Å²) < 4.78 is 66.0. The minimum Gasteiger partial charge on any atom is -0.493 e. The Morgan fingerprint density at radius 2 is 1.95 bits per heavy atom. The Morgan fingerprint density at radius 3 is 2.65 bits per heavy atom. The van der Waals surface area contributed by atoms with Gasteiger partial charge >= 0.3 is 12.1 Å². The highest BCUT2D eigenvalue weighted by atomic mass is 35.5. The normalized spacial score (nSPS) is 21.3. The van der Waals surface area contributed by atoms with Gasteiger partial charge in [0.05, 0.1) is 29.4 Å². The number of methoxy groups -OCH3 is 1. The second kappa shape index (κ2) is 10.6. The fraction of sp³-hybridized carbons (Fsp3) is 0.385. The summed E-state index contributed by atoms with van der Waals surface area (Å²) in [6, 6.07) is 7.74. The number of carbonyl (C=O) groups excluding carboxylic acids is 2. The van der Waals surface area contributed by atoms with Crippen molar-refractivity contribution in [1.82, 2.24) is 20.2 Å². The van der Waals surface area contributed by atoms with Crippen LogP contribution < -0.4 is 20.1 Å². The van der Waals surface area contributed by atoms with Crippen molar-refractivity contribution in [2.24, 2.45) is 0 Å². The molecule has 2 amide bonds. The molecule has 5 rings (SSSR count). The number of hydrogen-bond donors (Lipinski definition) is 2. The number of fused-ring (bicyclic) bond motifs is 1. The highest BCUT2D eigenvalue weighted by Crippen LogP contribution is 2.41. The molecule has 1 spiro atoms. The van der Waals surface area contributed by atoms with Crippen molar-refractivity contribution in [3.05, 3.63) is 47.5 Å². The third-order valence-corrected chi connectivity index (χ3v) is 7.52. The van der Waals surface area contributed by atoms with Gasteiger partial charge in [-0.3, -0.25) is 9.59 Å². The zero-order valence-electron chi connectivity index (χ0n) is 21.1. The maximum atomic E-state index is 14.5. The van der Waals surface area contributed by atoms with E-state index < -0.39 is 35.5 Å². The SMILES string of the molecule is COc1cc2ncnc(Nc3cccc(Cl)c3F)c2cc1OC1CCC2(CC1)C(=O)NCCN2C(=O)C(F)(F)F. The summed E-state index contributed by atoms with van der Waals surface area (Å²) in [4.78, 5) is 34.0. The standard InChI is InChI=1S/C26H24ClF4N5O4/c1-39-19-12-18-15(22(34-13-33-18)35-17-4-2-3-16(27)21(17)28)11-20(19)40-14-5-7-25(8-6-14)23(37)32-9-10-36(25)24(38)26(29,30)31/h2-4,11-14H,5-10H2,1H3,(H,32,37)(H,33,34,35). The van der Waals surface area contributed by atoms with Crippen LogP contribution in [0, 0.1) is 5.82 Å². The van der Waals surface area contributed by atoms with Crippen LogP contribution in [0.1, 0.15) is 25.7 Å².